The Balaban J connectivity index is 1.48. The van der Waals surface area contributed by atoms with Crippen molar-refractivity contribution in [3.63, 3.8) is 0 Å². The van der Waals surface area contributed by atoms with E-state index in [1.54, 1.807) is 0 Å². The van der Waals surface area contributed by atoms with E-state index in [4.69, 9.17) is 4.42 Å². The van der Waals surface area contributed by atoms with Crippen molar-refractivity contribution in [3.8, 4) is 0 Å². The van der Waals surface area contributed by atoms with Gasteiger partial charge in [-0.2, -0.15) is 0 Å². The minimum absolute atomic E-state index is 0.210. The predicted molar refractivity (Wildman–Crippen MR) is 82.9 cm³/mol. The van der Waals surface area contributed by atoms with Crippen LogP contribution < -0.4 is 5.32 Å². The average molecular weight is 288 g/mol. The zero-order valence-electron chi connectivity index (χ0n) is 13.6. The minimum atomic E-state index is 0.210. The highest BCUT2D eigenvalue weighted by Gasteiger charge is 2.53. The normalized spacial score (nSPS) is 40.4. The Hall–Kier alpha value is -0.830. The van der Waals surface area contributed by atoms with E-state index in [1.807, 2.05) is 13.1 Å². The molecule has 0 amide bonds. The van der Waals surface area contributed by atoms with Crippen LogP contribution in [0.3, 0.4) is 0 Å². The Morgan fingerprint density at radius 1 is 1.14 bits per heavy atom. The highest BCUT2D eigenvalue weighted by molar-refractivity contribution is 5.06. The smallest absolute Gasteiger partial charge is 0.211 e. The summed E-state index contributed by atoms with van der Waals surface area (Å²) in [6.45, 7) is 6.55. The van der Waals surface area contributed by atoms with Crippen molar-refractivity contribution in [1.29, 1.82) is 0 Å². The first-order valence-electron chi connectivity index (χ1n) is 8.72. The molecular weight excluding hydrogens is 260 g/mol. The first-order chi connectivity index (χ1) is 10.0. The fourth-order valence-corrected chi connectivity index (χ4v) is 5.90. The van der Waals surface area contributed by atoms with Crippen LogP contribution in [0.4, 0.5) is 0 Å². The molecule has 0 radical (unpaired) electrons. The molecule has 0 aromatic carbocycles. The number of hydrogen-bond donors (Lipinski definition) is 1. The molecule has 1 aromatic heterocycles. The first kappa shape index (κ1) is 13.8. The largest absolute Gasteiger partial charge is 0.444 e. The van der Waals surface area contributed by atoms with Crippen LogP contribution in [-0.2, 0) is 0 Å². The summed E-state index contributed by atoms with van der Waals surface area (Å²) in [5, 5.41) is 3.81. The molecule has 4 bridgehead atoms. The van der Waals surface area contributed by atoms with Crippen molar-refractivity contribution in [3.05, 3.63) is 17.8 Å². The van der Waals surface area contributed by atoms with Crippen molar-refractivity contribution < 1.29 is 4.42 Å². The molecule has 116 valence electrons. The molecular formula is C18H28N2O. The first-order valence-corrected chi connectivity index (χ1v) is 8.72. The number of hydrogen-bond acceptors (Lipinski definition) is 3. The SMILES string of the molecule is Cc1cnc(C(C)NC(C)C23CC4CC(CC(C4)C2)C3)o1. The summed E-state index contributed by atoms with van der Waals surface area (Å²) in [5.41, 5.74) is 0.546. The van der Waals surface area contributed by atoms with Crippen LogP contribution in [-0.4, -0.2) is 11.0 Å². The van der Waals surface area contributed by atoms with Gasteiger partial charge >= 0.3 is 0 Å². The summed E-state index contributed by atoms with van der Waals surface area (Å²) >= 11 is 0. The molecule has 1 N–H and O–H groups in total. The molecule has 4 aliphatic rings. The molecule has 3 heteroatoms. The van der Waals surface area contributed by atoms with Crippen LogP contribution >= 0.6 is 0 Å². The lowest BCUT2D eigenvalue weighted by Crippen LogP contribution is -2.55. The summed E-state index contributed by atoms with van der Waals surface area (Å²) in [6.07, 6.45) is 10.7. The van der Waals surface area contributed by atoms with E-state index in [1.165, 1.54) is 38.5 Å². The molecule has 0 spiro atoms. The minimum Gasteiger partial charge on any atom is -0.444 e. The molecule has 1 heterocycles. The van der Waals surface area contributed by atoms with Gasteiger partial charge in [0.1, 0.15) is 5.76 Å². The van der Waals surface area contributed by atoms with E-state index < -0.39 is 0 Å². The fourth-order valence-electron chi connectivity index (χ4n) is 5.90. The summed E-state index contributed by atoms with van der Waals surface area (Å²) in [6, 6.07) is 0.773. The number of oxazole rings is 1. The van der Waals surface area contributed by atoms with Crippen molar-refractivity contribution in [2.24, 2.45) is 23.2 Å². The topological polar surface area (TPSA) is 38.1 Å². The molecule has 1 aromatic rings. The van der Waals surface area contributed by atoms with Crippen LogP contribution in [0.1, 0.15) is 70.1 Å². The highest BCUT2D eigenvalue weighted by atomic mass is 16.4. The van der Waals surface area contributed by atoms with Gasteiger partial charge in [-0.1, -0.05) is 0 Å². The van der Waals surface area contributed by atoms with Crippen molar-refractivity contribution in [2.75, 3.05) is 0 Å². The molecule has 0 aliphatic heterocycles. The maximum atomic E-state index is 5.69. The second kappa shape index (κ2) is 4.84. The molecule has 2 atom stereocenters. The van der Waals surface area contributed by atoms with Gasteiger partial charge in [-0.25, -0.2) is 4.98 Å². The lowest BCUT2D eigenvalue weighted by atomic mass is 9.48. The Morgan fingerprint density at radius 3 is 2.19 bits per heavy atom. The van der Waals surface area contributed by atoms with Crippen LogP contribution in [0.2, 0.25) is 0 Å². The molecule has 0 saturated heterocycles. The van der Waals surface area contributed by atoms with Crippen LogP contribution in [0.15, 0.2) is 10.6 Å². The highest BCUT2D eigenvalue weighted by Crippen LogP contribution is 2.61. The second-order valence-corrected chi connectivity index (χ2v) is 8.20. The maximum Gasteiger partial charge on any atom is 0.211 e. The molecule has 2 unspecified atom stereocenters. The van der Waals surface area contributed by atoms with Gasteiger partial charge in [0.2, 0.25) is 5.89 Å². The van der Waals surface area contributed by atoms with Gasteiger partial charge in [0.05, 0.1) is 12.2 Å². The van der Waals surface area contributed by atoms with E-state index in [2.05, 4.69) is 24.1 Å². The lowest BCUT2D eigenvalue weighted by Gasteiger charge is -2.59. The van der Waals surface area contributed by atoms with E-state index in [9.17, 15) is 0 Å². The summed E-state index contributed by atoms with van der Waals surface area (Å²) in [5.74, 6) is 4.78. The number of aromatic nitrogens is 1. The summed E-state index contributed by atoms with van der Waals surface area (Å²) in [4.78, 5) is 4.39. The van der Waals surface area contributed by atoms with Gasteiger partial charge in [0.15, 0.2) is 0 Å². The number of nitrogens with zero attached hydrogens (tertiary/aromatic N) is 1. The number of nitrogens with one attached hydrogen (secondary N) is 1. The molecule has 21 heavy (non-hydrogen) atoms. The molecule has 3 nitrogen and oxygen atoms in total. The zero-order chi connectivity index (χ0) is 14.6. The van der Waals surface area contributed by atoms with Gasteiger partial charge in [0, 0.05) is 6.04 Å². The second-order valence-electron chi connectivity index (χ2n) is 8.20. The standard InChI is InChI=1S/C18H28N2O/c1-11-10-19-17(21-11)12(2)20-13(3)18-7-14-4-15(8-18)6-16(5-14)9-18/h10,12-16,20H,4-9H2,1-3H3. The third-order valence-corrected chi connectivity index (χ3v) is 6.51. The van der Waals surface area contributed by atoms with Gasteiger partial charge in [-0.05, 0) is 82.5 Å². The van der Waals surface area contributed by atoms with Gasteiger partial charge in [-0.3, -0.25) is 0 Å². The number of aryl methyl sites for hydroxylation is 1. The average Bonchev–Trinajstić information content (AvgIpc) is 2.84. The Bertz CT molecular complexity index is 486. The van der Waals surface area contributed by atoms with Crippen molar-refractivity contribution >= 4 is 0 Å². The fraction of sp³-hybridized carbons (Fsp3) is 0.833. The zero-order valence-corrected chi connectivity index (χ0v) is 13.6. The van der Waals surface area contributed by atoms with Gasteiger partial charge in [-0.15, -0.1) is 0 Å². The molecule has 5 rings (SSSR count). The van der Waals surface area contributed by atoms with Crippen molar-refractivity contribution in [1.82, 2.24) is 10.3 Å². The third-order valence-electron chi connectivity index (χ3n) is 6.51. The predicted octanol–water partition coefficient (Wildman–Crippen LogP) is 4.24. The lowest BCUT2D eigenvalue weighted by molar-refractivity contribution is -0.0723. The monoisotopic (exact) mass is 288 g/mol. The molecule has 4 saturated carbocycles. The van der Waals surface area contributed by atoms with Crippen LogP contribution in [0.5, 0.6) is 0 Å². The van der Waals surface area contributed by atoms with E-state index in [0.29, 0.717) is 11.5 Å². The van der Waals surface area contributed by atoms with Crippen molar-refractivity contribution in [2.45, 2.75) is 71.4 Å². The summed E-state index contributed by atoms with van der Waals surface area (Å²) < 4.78 is 5.69. The Labute approximate surface area is 127 Å². The van der Waals surface area contributed by atoms with Gasteiger partial charge < -0.3 is 9.73 Å². The maximum absolute atomic E-state index is 5.69. The van der Waals surface area contributed by atoms with E-state index in [-0.39, 0.29) is 6.04 Å². The van der Waals surface area contributed by atoms with Gasteiger partial charge in [0.25, 0.3) is 0 Å². The molecule has 4 aliphatic carbocycles. The van der Waals surface area contributed by atoms with E-state index >= 15 is 0 Å². The quantitative estimate of drug-likeness (QED) is 0.900. The Kier molecular flexibility index (Phi) is 3.18. The molecule has 4 fully saturated rings. The van der Waals surface area contributed by atoms with Crippen LogP contribution in [0.25, 0.3) is 0 Å². The number of rotatable bonds is 4. The Morgan fingerprint density at radius 2 is 1.71 bits per heavy atom. The third kappa shape index (κ3) is 2.34. The van der Waals surface area contributed by atoms with E-state index in [0.717, 1.165) is 29.4 Å². The van der Waals surface area contributed by atoms with Crippen LogP contribution in [0, 0.1) is 30.1 Å². The summed E-state index contributed by atoms with van der Waals surface area (Å²) in [7, 11) is 0.